The number of hydrogen-bond donors (Lipinski definition) is 4. The minimum absolute atomic E-state index is 0.157. The van der Waals surface area contributed by atoms with E-state index in [0.717, 1.165) is 6.42 Å². The molecule has 0 spiro atoms. The number of hydrogen-bond acceptors (Lipinski definition) is 6. The van der Waals surface area contributed by atoms with Crippen LogP contribution in [0.5, 0.6) is 17.2 Å². The number of carboxylic acids is 1. The van der Waals surface area contributed by atoms with Crippen LogP contribution in [0, 0.1) is 0 Å². The minimum atomic E-state index is -1.18. The van der Waals surface area contributed by atoms with E-state index in [9.17, 15) is 24.6 Å². The zero-order chi connectivity index (χ0) is 29.7. The van der Waals surface area contributed by atoms with Crippen LogP contribution in [-0.2, 0) is 24.2 Å². The fourth-order valence-electron chi connectivity index (χ4n) is 4.94. The van der Waals surface area contributed by atoms with Crippen molar-refractivity contribution in [2.75, 3.05) is 18.5 Å². The van der Waals surface area contributed by atoms with E-state index in [0.29, 0.717) is 65.0 Å². The first-order valence-corrected chi connectivity index (χ1v) is 14.0. The van der Waals surface area contributed by atoms with Gasteiger partial charge in [0.25, 0.3) is 5.56 Å². The van der Waals surface area contributed by atoms with Crippen molar-refractivity contribution < 1.29 is 29.3 Å². The number of carbonyl (C=O) groups is 2. The van der Waals surface area contributed by atoms with Crippen LogP contribution in [0.1, 0.15) is 55.1 Å². The number of nitrogens with one attached hydrogen (secondary N) is 2. The third kappa shape index (κ3) is 6.71. The van der Waals surface area contributed by atoms with Crippen molar-refractivity contribution in [2.45, 2.75) is 52.1 Å². The summed E-state index contributed by atoms with van der Waals surface area (Å²) in [5.41, 5.74) is 1.43. The number of amides is 2. The third-order valence-electron chi connectivity index (χ3n) is 6.73. The van der Waals surface area contributed by atoms with E-state index >= 15 is 0 Å². The Morgan fingerprint density at radius 2 is 1.80 bits per heavy atom. The highest BCUT2D eigenvalue weighted by molar-refractivity contribution is 6.32. The van der Waals surface area contributed by atoms with E-state index in [4.69, 9.17) is 32.7 Å². The molecule has 0 saturated heterocycles. The first-order valence-electron chi connectivity index (χ1n) is 13.2. The van der Waals surface area contributed by atoms with Crippen LogP contribution in [0.2, 0.25) is 10.0 Å². The molecule has 4 rings (SSSR count). The Hall–Kier alpha value is -3.89. The molecule has 0 unspecified atom stereocenters. The third-order valence-corrected chi connectivity index (χ3v) is 7.38. The highest BCUT2D eigenvalue weighted by Crippen LogP contribution is 2.39. The van der Waals surface area contributed by atoms with Crippen molar-refractivity contribution in [2.24, 2.45) is 0 Å². The van der Waals surface area contributed by atoms with Gasteiger partial charge in [0.15, 0.2) is 17.2 Å². The van der Waals surface area contributed by atoms with E-state index in [1.54, 1.807) is 38.1 Å². The number of halogens is 2. The maximum Gasteiger partial charge on any atom is 0.319 e. The van der Waals surface area contributed by atoms with E-state index in [1.807, 2.05) is 6.07 Å². The number of carbonyl (C=O) groups excluding carboxylic acids is 1. The molecule has 1 aliphatic carbocycles. The molecule has 10 nitrogen and oxygen atoms in total. The molecule has 1 atom stereocenters. The number of urea groups is 1. The number of fused-ring (bicyclic) bond motifs is 1. The van der Waals surface area contributed by atoms with Crippen LogP contribution in [-0.4, -0.2) is 40.0 Å². The topological polar surface area (TPSA) is 139 Å². The molecule has 12 heteroatoms. The first kappa shape index (κ1) is 30.1. The summed E-state index contributed by atoms with van der Waals surface area (Å²) in [6.45, 7) is 4.35. The normalized spacial score (nSPS) is 12.9. The van der Waals surface area contributed by atoms with Gasteiger partial charge < -0.3 is 34.9 Å². The predicted molar refractivity (Wildman–Crippen MR) is 156 cm³/mol. The van der Waals surface area contributed by atoms with Gasteiger partial charge in [-0.1, -0.05) is 41.4 Å². The van der Waals surface area contributed by atoms with E-state index in [-0.39, 0.29) is 23.0 Å². The Morgan fingerprint density at radius 1 is 1.07 bits per heavy atom. The number of ether oxygens (including phenoxy) is 2. The molecule has 3 aromatic rings. The molecule has 0 aliphatic heterocycles. The second-order valence-electron chi connectivity index (χ2n) is 9.43. The van der Waals surface area contributed by atoms with Gasteiger partial charge in [0.1, 0.15) is 5.75 Å². The fraction of sp³-hybridized carbons (Fsp3) is 0.345. The summed E-state index contributed by atoms with van der Waals surface area (Å²) in [6.07, 6.45) is 1.38. The average Bonchev–Trinajstić information content (AvgIpc) is 3.41. The van der Waals surface area contributed by atoms with Gasteiger partial charge >= 0.3 is 12.0 Å². The molecule has 1 heterocycles. The number of rotatable bonds is 11. The number of carboxylic acid groups (broad SMARTS) is 1. The number of pyridine rings is 1. The van der Waals surface area contributed by atoms with Crippen molar-refractivity contribution >= 4 is 40.9 Å². The molecule has 2 aromatic carbocycles. The summed E-state index contributed by atoms with van der Waals surface area (Å²) < 4.78 is 12.7. The monoisotopic (exact) mass is 603 g/mol. The van der Waals surface area contributed by atoms with Crippen LogP contribution >= 0.6 is 23.2 Å². The summed E-state index contributed by atoms with van der Waals surface area (Å²) in [5.74, 6) is -0.875. The zero-order valence-electron chi connectivity index (χ0n) is 22.6. The highest BCUT2D eigenvalue weighted by Gasteiger charge is 2.28. The fourth-order valence-corrected chi connectivity index (χ4v) is 5.41. The van der Waals surface area contributed by atoms with Gasteiger partial charge in [0.05, 0.1) is 37.2 Å². The number of aliphatic carboxylic acids is 1. The van der Waals surface area contributed by atoms with Gasteiger partial charge in [-0.3, -0.25) is 9.59 Å². The molecular formula is C29H31Cl2N3O7. The number of benzene rings is 2. The molecule has 218 valence electrons. The molecule has 0 radical (unpaired) electrons. The molecular weight excluding hydrogens is 573 g/mol. The summed E-state index contributed by atoms with van der Waals surface area (Å²) in [7, 11) is 0. The van der Waals surface area contributed by atoms with Crippen LogP contribution in [0.15, 0.2) is 41.2 Å². The highest BCUT2D eigenvalue weighted by atomic mass is 35.5. The number of nitrogens with zero attached hydrogens (tertiary/aromatic N) is 1. The molecule has 0 fully saturated rings. The SMILES string of the molecule is CCOc1cc([C@H](CC(=O)O)NC(=O)Nc2c(O)c3c(n(Cc4ccccc4Cl)c2=O)CCC3)cc(Cl)c1OCC. The summed E-state index contributed by atoms with van der Waals surface area (Å²) >= 11 is 12.8. The Bertz CT molecular complexity index is 1520. The lowest BCUT2D eigenvalue weighted by Crippen LogP contribution is -2.37. The average molecular weight is 604 g/mol. The molecule has 41 heavy (non-hydrogen) atoms. The van der Waals surface area contributed by atoms with Gasteiger partial charge in [-0.05, 0) is 62.4 Å². The summed E-state index contributed by atoms with van der Waals surface area (Å²) in [5, 5.41) is 26.3. The van der Waals surface area contributed by atoms with Crippen LogP contribution in [0.25, 0.3) is 0 Å². The van der Waals surface area contributed by atoms with E-state index < -0.39 is 30.0 Å². The number of aromatic hydroxyl groups is 1. The van der Waals surface area contributed by atoms with Gasteiger partial charge in [0.2, 0.25) is 0 Å². The van der Waals surface area contributed by atoms with Gasteiger partial charge in [0, 0.05) is 16.3 Å². The smallest absolute Gasteiger partial charge is 0.319 e. The lowest BCUT2D eigenvalue weighted by Gasteiger charge is -2.22. The molecule has 4 N–H and O–H groups in total. The lowest BCUT2D eigenvalue weighted by molar-refractivity contribution is -0.137. The molecule has 1 aromatic heterocycles. The maximum atomic E-state index is 13.6. The summed E-state index contributed by atoms with van der Waals surface area (Å²) in [4.78, 5) is 38.5. The Kier molecular flexibility index (Phi) is 9.67. The van der Waals surface area contributed by atoms with Crippen LogP contribution in [0.4, 0.5) is 10.5 Å². The second kappa shape index (κ2) is 13.2. The minimum Gasteiger partial charge on any atom is -0.505 e. The standard InChI is InChI=1S/C29H31Cl2N3O7/c1-3-40-23-13-17(12-20(31)27(23)41-4-2)21(14-24(35)36)32-29(39)33-25-26(37)18-9-7-11-22(18)34(28(25)38)15-16-8-5-6-10-19(16)30/h5-6,8,10,12-13,21,37H,3-4,7,9,11,14-15H2,1-2H3,(H,35,36)(H2,32,33,39)/t21-/m0/s1. The van der Waals surface area contributed by atoms with Crippen molar-refractivity contribution in [3.05, 3.63) is 79.2 Å². The van der Waals surface area contributed by atoms with Crippen molar-refractivity contribution in [3.8, 4) is 17.2 Å². The van der Waals surface area contributed by atoms with Gasteiger partial charge in [-0.2, -0.15) is 0 Å². The number of aromatic nitrogens is 1. The van der Waals surface area contributed by atoms with E-state index in [2.05, 4.69) is 10.6 Å². The van der Waals surface area contributed by atoms with Gasteiger partial charge in [-0.25, -0.2) is 4.79 Å². The maximum absolute atomic E-state index is 13.6. The Balaban J connectivity index is 1.66. The lowest BCUT2D eigenvalue weighted by atomic mass is 10.0. The van der Waals surface area contributed by atoms with Crippen LogP contribution in [0.3, 0.4) is 0 Å². The van der Waals surface area contributed by atoms with Crippen molar-refractivity contribution in [1.29, 1.82) is 0 Å². The zero-order valence-corrected chi connectivity index (χ0v) is 24.1. The Labute approximate surface area is 246 Å². The predicted octanol–water partition coefficient (Wildman–Crippen LogP) is 5.53. The molecule has 0 saturated carbocycles. The first-order chi connectivity index (χ1) is 19.6. The van der Waals surface area contributed by atoms with Gasteiger partial charge in [-0.15, -0.1) is 0 Å². The molecule has 2 amide bonds. The largest absolute Gasteiger partial charge is 0.505 e. The van der Waals surface area contributed by atoms with Crippen molar-refractivity contribution in [3.63, 3.8) is 0 Å². The quantitative estimate of drug-likeness (QED) is 0.226. The molecule has 1 aliphatic rings. The van der Waals surface area contributed by atoms with Crippen molar-refractivity contribution in [1.82, 2.24) is 9.88 Å². The van der Waals surface area contributed by atoms with E-state index in [1.165, 1.54) is 10.6 Å². The number of anilines is 1. The second-order valence-corrected chi connectivity index (χ2v) is 10.2. The summed E-state index contributed by atoms with van der Waals surface area (Å²) in [6, 6.07) is 8.24. The molecule has 0 bridgehead atoms. The Morgan fingerprint density at radius 3 is 2.49 bits per heavy atom. The van der Waals surface area contributed by atoms with Crippen LogP contribution < -0.4 is 25.7 Å².